The Morgan fingerprint density at radius 1 is 1.11 bits per heavy atom. The van der Waals surface area contributed by atoms with E-state index in [9.17, 15) is 4.79 Å². The van der Waals surface area contributed by atoms with Gasteiger partial charge in [0.15, 0.2) is 5.13 Å². The van der Waals surface area contributed by atoms with Crippen molar-refractivity contribution in [2.45, 2.75) is 18.7 Å². The summed E-state index contributed by atoms with van der Waals surface area (Å²) >= 11 is 9.04. The molecule has 0 unspecified atom stereocenters. The summed E-state index contributed by atoms with van der Waals surface area (Å²) in [6.07, 6.45) is 0. The van der Waals surface area contributed by atoms with E-state index in [1.165, 1.54) is 22.9 Å². The Hall–Kier alpha value is -1.60. The van der Waals surface area contributed by atoms with E-state index in [0.29, 0.717) is 17.3 Å². The van der Waals surface area contributed by atoms with Crippen LogP contribution >= 0.6 is 34.7 Å². The number of hydrogen-bond acceptors (Lipinski definition) is 5. The second kappa shape index (κ2) is 9.27. The van der Waals surface area contributed by atoms with Crippen LogP contribution in [0.3, 0.4) is 0 Å². The maximum Gasteiger partial charge on any atom is 0.239 e. The van der Waals surface area contributed by atoms with Gasteiger partial charge in [-0.15, -0.1) is 11.8 Å². The summed E-state index contributed by atoms with van der Waals surface area (Å²) in [5.41, 5.74) is 3.39. The van der Waals surface area contributed by atoms with Crippen molar-refractivity contribution in [1.82, 2.24) is 9.88 Å². The van der Waals surface area contributed by atoms with Gasteiger partial charge in [0.25, 0.3) is 0 Å². The standard InChI is InChI=1S/C21H24ClN3OS2/c1-14-5-10-18-20(15(14)2)23-21(28-18)25(12-11-24(3)4)19(26)13-27-17-8-6-16(22)7-9-17/h5-10H,11-13H2,1-4H3. The molecule has 148 valence electrons. The summed E-state index contributed by atoms with van der Waals surface area (Å²) in [6, 6.07) is 11.8. The molecule has 0 atom stereocenters. The van der Waals surface area contributed by atoms with Crippen molar-refractivity contribution >= 4 is 56.0 Å². The molecule has 0 aliphatic heterocycles. The summed E-state index contributed by atoms with van der Waals surface area (Å²) < 4.78 is 1.12. The summed E-state index contributed by atoms with van der Waals surface area (Å²) in [4.78, 5) is 22.8. The molecule has 0 fully saturated rings. The number of hydrogen-bond donors (Lipinski definition) is 0. The molecule has 4 nitrogen and oxygen atoms in total. The third kappa shape index (κ3) is 5.06. The van der Waals surface area contributed by atoms with Crippen LogP contribution in [0.25, 0.3) is 10.2 Å². The van der Waals surface area contributed by atoms with Crippen molar-refractivity contribution in [3.05, 3.63) is 52.5 Å². The lowest BCUT2D eigenvalue weighted by Crippen LogP contribution is -2.37. The molecular formula is C21H24ClN3OS2. The number of amides is 1. The first-order valence-electron chi connectivity index (χ1n) is 9.05. The lowest BCUT2D eigenvalue weighted by atomic mass is 10.1. The molecule has 0 saturated heterocycles. The fraction of sp³-hybridized carbons (Fsp3) is 0.333. The number of carbonyl (C=O) groups is 1. The van der Waals surface area contributed by atoms with Gasteiger partial charge in [-0.2, -0.15) is 0 Å². The first kappa shape index (κ1) is 21.1. The molecule has 7 heteroatoms. The molecular weight excluding hydrogens is 410 g/mol. The van der Waals surface area contributed by atoms with E-state index in [-0.39, 0.29) is 5.91 Å². The van der Waals surface area contributed by atoms with E-state index in [1.807, 2.05) is 43.3 Å². The van der Waals surface area contributed by atoms with Crippen LogP contribution < -0.4 is 4.90 Å². The largest absolute Gasteiger partial charge is 0.308 e. The molecule has 28 heavy (non-hydrogen) atoms. The number of likely N-dealkylation sites (N-methyl/N-ethyl adjacent to an activating group) is 1. The number of rotatable bonds is 7. The average Bonchev–Trinajstić information content (AvgIpc) is 3.09. The van der Waals surface area contributed by atoms with E-state index in [2.05, 4.69) is 30.9 Å². The Morgan fingerprint density at radius 2 is 1.82 bits per heavy atom. The first-order valence-corrected chi connectivity index (χ1v) is 11.2. The molecule has 3 aromatic rings. The van der Waals surface area contributed by atoms with Crippen molar-refractivity contribution in [3.63, 3.8) is 0 Å². The number of anilines is 1. The smallest absolute Gasteiger partial charge is 0.239 e. The van der Waals surface area contributed by atoms with Crippen molar-refractivity contribution in [2.75, 3.05) is 37.8 Å². The Kier molecular flexibility index (Phi) is 6.99. The number of aromatic nitrogens is 1. The average molecular weight is 434 g/mol. The van der Waals surface area contributed by atoms with Gasteiger partial charge in [-0.3, -0.25) is 9.69 Å². The zero-order valence-electron chi connectivity index (χ0n) is 16.5. The minimum atomic E-state index is 0.0650. The van der Waals surface area contributed by atoms with E-state index in [0.717, 1.165) is 26.8 Å². The highest BCUT2D eigenvalue weighted by atomic mass is 35.5. The Bertz CT molecular complexity index is 970. The van der Waals surface area contributed by atoms with Crippen LogP contribution in [-0.4, -0.2) is 48.7 Å². The molecule has 3 rings (SSSR count). The number of thiazole rings is 1. The number of nitrogens with zero attached hydrogens (tertiary/aromatic N) is 3. The van der Waals surface area contributed by atoms with Gasteiger partial charge in [0, 0.05) is 23.0 Å². The lowest BCUT2D eigenvalue weighted by molar-refractivity contribution is -0.116. The molecule has 0 saturated carbocycles. The minimum Gasteiger partial charge on any atom is -0.308 e. The van der Waals surface area contributed by atoms with Gasteiger partial charge in [0.05, 0.1) is 16.0 Å². The zero-order valence-corrected chi connectivity index (χ0v) is 18.9. The monoisotopic (exact) mass is 433 g/mol. The zero-order chi connectivity index (χ0) is 20.3. The molecule has 0 aliphatic rings. The van der Waals surface area contributed by atoms with Crippen molar-refractivity contribution in [2.24, 2.45) is 0 Å². The SMILES string of the molecule is Cc1ccc2sc(N(CCN(C)C)C(=O)CSc3ccc(Cl)cc3)nc2c1C. The summed E-state index contributed by atoms with van der Waals surface area (Å²) in [6.45, 7) is 5.57. The van der Waals surface area contributed by atoms with Crippen molar-refractivity contribution in [1.29, 1.82) is 0 Å². The lowest BCUT2D eigenvalue weighted by Gasteiger charge is -2.21. The van der Waals surface area contributed by atoms with Crippen LogP contribution in [0.2, 0.25) is 5.02 Å². The minimum absolute atomic E-state index is 0.0650. The predicted molar refractivity (Wildman–Crippen MR) is 122 cm³/mol. The predicted octanol–water partition coefficient (Wildman–Crippen LogP) is 5.25. The maximum absolute atomic E-state index is 13.1. The second-order valence-corrected chi connectivity index (χ2v) is 9.44. The van der Waals surface area contributed by atoms with Crippen LogP contribution in [0.1, 0.15) is 11.1 Å². The van der Waals surface area contributed by atoms with Crippen LogP contribution in [0, 0.1) is 13.8 Å². The molecule has 0 radical (unpaired) electrons. The van der Waals surface area contributed by atoms with Crippen LogP contribution in [0.15, 0.2) is 41.3 Å². The van der Waals surface area contributed by atoms with Gasteiger partial charge in [-0.05, 0) is 69.4 Å². The molecule has 1 amide bonds. The van der Waals surface area contributed by atoms with Gasteiger partial charge in [0.1, 0.15) is 0 Å². The Balaban J connectivity index is 1.82. The van der Waals surface area contributed by atoms with Gasteiger partial charge in [-0.1, -0.05) is 29.0 Å². The molecule has 1 aromatic heterocycles. The fourth-order valence-electron chi connectivity index (χ4n) is 2.71. The van der Waals surface area contributed by atoms with Gasteiger partial charge < -0.3 is 4.90 Å². The number of thioether (sulfide) groups is 1. The van der Waals surface area contributed by atoms with Crippen LogP contribution in [-0.2, 0) is 4.79 Å². The normalized spacial score (nSPS) is 11.4. The third-order valence-electron chi connectivity index (χ3n) is 4.55. The molecule has 0 aliphatic carbocycles. The van der Waals surface area contributed by atoms with Gasteiger partial charge >= 0.3 is 0 Å². The maximum atomic E-state index is 13.1. The van der Waals surface area contributed by atoms with Crippen LogP contribution in [0.4, 0.5) is 5.13 Å². The topological polar surface area (TPSA) is 36.4 Å². The van der Waals surface area contributed by atoms with Crippen LogP contribution in [0.5, 0.6) is 0 Å². The summed E-state index contributed by atoms with van der Waals surface area (Å²) in [5, 5.41) is 1.47. The number of carbonyl (C=O) groups excluding carboxylic acids is 1. The first-order chi connectivity index (χ1) is 13.3. The van der Waals surface area contributed by atoms with E-state index < -0.39 is 0 Å². The van der Waals surface area contributed by atoms with Crippen molar-refractivity contribution < 1.29 is 4.79 Å². The highest BCUT2D eigenvalue weighted by Crippen LogP contribution is 2.32. The Morgan fingerprint density at radius 3 is 2.50 bits per heavy atom. The Labute approximate surface area is 179 Å². The number of benzene rings is 2. The molecule has 1 heterocycles. The van der Waals surface area contributed by atoms with Gasteiger partial charge in [0.2, 0.25) is 5.91 Å². The molecule has 2 aromatic carbocycles. The highest BCUT2D eigenvalue weighted by Gasteiger charge is 2.21. The quantitative estimate of drug-likeness (QED) is 0.476. The fourth-order valence-corrected chi connectivity index (χ4v) is 4.68. The molecule has 0 spiro atoms. The highest BCUT2D eigenvalue weighted by molar-refractivity contribution is 8.00. The number of fused-ring (bicyclic) bond motifs is 1. The third-order valence-corrected chi connectivity index (χ3v) is 6.84. The molecule has 0 N–H and O–H groups in total. The summed E-state index contributed by atoms with van der Waals surface area (Å²) in [7, 11) is 4.02. The van der Waals surface area contributed by atoms with E-state index in [1.54, 1.807) is 11.3 Å². The van der Waals surface area contributed by atoms with E-state index >= 15 is 0 Å². The summed E-state index contributed by atoms with van der Waals surface area (Å²) in [5.74, 6) is 0.429. The number of aryl methyl sites for hydroxylation is 2. The molecule has 0 bridgehead atoms. The van der Waals surface area contributed by atoms with Crippen molar-refractivity contribution in [3.8, 4) is 0 Å². The van der Waals surface area contributed by atoms with Gasteiger partial charge in [-0.25, -0.2) is 4.98 Å². The van der Waals surface area contributed by atoms with E-state index in [4.69, 9.17) is 16.6 Å². The number of halogens is 1. The second-order valence-electron chi connectivity index (χ2n) is 6.94.